The molecule has 0 saturated carbocycles. The van der Waals surface area contributed by atoms with Crippen LogP contribution in [0.4, 0.5) is 13.2 Å². The number of alkyl halides is 3. The van der Waals surface area contributed by atoms with Gasteiger partial charge >= 0.3 is 15.5 Å². The van der Waals surface area contributed by atoms with Gasteiger partial charge in [0.2, 0.25) is 0 Å². The lowest BCUT2D eigenvalue weighted by Crippen LogP contribution is -2.56. The van der Waals surface area contributed by atoms with Gasteiger partial charge in [0.15, 0.2) is 0 Å². The first-order valence-corrected chi connectivity index (χ1v) is 12.8. The van der Waals surface area contributed by atoms with Crippen LogP contribution in [0.3, 0.4) is 0 Å². The van der Waals surface area contributed by atoms with Crippen LogP contribution in [0.5, 0.6) is 0 Å². The average molecular weight is 539 g/mol. The number of hydrazine groups is 1. The van der Waals surface area contributed by atoms with E-state index in [9.17, 15) is 21.6 Å². The van der Waals surface area contributed by atoms with Gasteiger partial charge in [0.05, 0.1) is 19.8 Å². The number of rotatable bonds is 13. The lowest BCUT2D eigenvalue weighted by atomic mass is 9.65. The largest absolute Gasteiger partial charge is 0.512 e. The van der Waals surface area contributed by atoms with Crippen molar-refractivity contribution in [3.8, 4) is 0 Å². The fourth-order valence-electron chi connectivity index (χ4n) is 4.34. The molecule has 3 aromatic rings. The average Bonchev–Trinajstić information content (AvgIpc) is 2.90. The Hall–Kier alpha value is -2.80. The Morgan fingerprint density at radius 3 is 1.57 bits per heavy atom. The van der Waals surface area contributed by atoms with E-state index in [2.05, 4.69) is 5.43 Å². The maximum atomic E-state index is 13.1. The highest BCUT2D eigenvalue weighted by atomic mass is 32.2. The van der Waals surface area contributed by atoms with Crippen molar-refractivity contribution < 1.29 is 36.1 Å². The first-order valence-electron chi connectivity index (χ1n) is 11.3. The van der Waals surface area contributed by atoms with E-state index in [1.165, 1.54) is 19.1 Å². The second-order valence-electron chi connectivity index (χ2n) is 8.27. The van der Waals surface area contributed by atoms with Crippen LogP contribution in [0, 0.1) is 0 Å². The van der Waals surface area contributed by atoms with Crippen LogP contribution in [0.15, 0.2) is 91.0 Å². The Morgan fingerprint density at radius 1 is 0.784 bits per heavy atom. The summed E-state index contributed by atoms with van der Waals surface area (Å²) in [6.45, 7) is -0.103. The number of halogens is 3. The van der Waals surface area contributed by atoms with Gasteiger partial charge in [0.1, 0.15) is 6.10 Å². The topological polar surface area (TPSA) is 85.9 Å². The Labute approximate surface area is 214 Å². The molecule has 0 fully saturated rings. The lowest BCUT2D eigenvalue weighted by molar-refractivity contribution is -0.317. The molecule has 37 heavy (non-hydrogen) atoms. The maximum absolute atomic E-state index is 13.1. The molecule has 2 N–H and O–H groups in total. The van der Waals surface area contributed by atoms with Crippen molar-refractivity contribution in [3.63, 3.8) is 0 Å². The highest BCUT2D eigenvalue weighted by Crippen LogP contribution is 2.43. The molecule has 0 heterocycles. The molecule has 0 amide bonds. The van der Waals surface area contributed by atoms with Gasteiger partial charge in [-0.3, -0.25) is 0 Å². The van der Waals surface area contributed by atoms with Crippen LogP contribution >= 0.6 is 0 Å². The highest BCUT2D eigenvalue weighted by molar-refractivity contribution is 7.90. The zero-order valence-electron chi connectivity index (χ0n) is 20.3. The summed E-state index contributed by atoms with van der Waals surface area (Å²) in [4.78, 5) is 11.7. The Morgan fingerprint density at radius 2 is 1.22 bits per heavy atom. The molecule has 0 bridgehead atoms. The van der Waals surface area contributed by atoms with Gasteiger partial charge in [-0.15, -0.1) is 4.83 Å². The number of benzene rings is 3. The van der Waals surface area contributed by atoms with Gasteiger partial charge in [-0.05, 0) is 23.1 Å². The van der Waals surface area contributed by atoms with Crippen LogP contribution in [-0.4, -0.2) is 46.9 Å². The summed E-state index contributed by atoms with van der Waals surface area (Å²) in [5, 5.41) is 0. The van der Waals surface area contributed by atoms with Gasteiger partial charge in [0, 0.05) is 12.5 Å². The van der Waals surface area contributed by atoms with E-state index in [0.717, 1.165) is 16.7 Å². The van der Waals surface area contributed by atoms with Crippen LogP contribution in [0.2, 0.25) is 0 Å². The summed E-state index contributed by atoms with van der Waals surface area (Å²) in [6, 6.07) is 27.2. The summed E-state index contributed by atoms with van der Waals surface area (Å²) >= 11 is 0. The molecule has 0 radical (unpaired) electrons. The number of ether oxygens (including phenoxy) is 1. The minimum absolute atomic E-state index is 0.0583. The Kier molecular flexibility index (Phi) is 9.82. The molecule has 2 atom stereocenters. The second kappa shape index (κ2) is 12.6. The normalized spacial score (nSPS) is 14.3. The summed E-state index contributed by atoms with van der Waals surface area (Å²) in [5.41, 5.74) is -1.58. The predicted octanol–water partition coefficient (Wildman–Crippen LogP) is 4.32. The number of hydrogen-bond acceptors (Lipinski definition) is 6. The fourth-order valence-corrected chi connectivity index (χ4v) is 4.76. The van der Waals surface area contributed by atoms with E-state index in [-0.39, 0.29) is 13.0 Å². The maximum Gasteiger partial charge on any atom is 0.512 e. The number of nitrogens with one attached hydrogen (secondary N) is 2. The van der Waals surface area contributed by atoms with Crippen molar-refractivity contribution in [2.45, 2.75) is 29.5 Å². The Bertz CT molecular complexity index is 1090. The van der Waals surface area contributed by atoms with Crippen molar-refractivity contribution in [3.05, 3.63) is 108 Å². The molecule has 0 saturated heterocycles. The van der Waals surface area contributed by atoms with E-state index in [4.69, 9.17) is 14.5 Å². The third kappa shape index (κ3) is 6.75. The fraction of sp³-hybridized carbons (Fsp3) is 0.308. The summed E-state index contributed by atoms with van der Waals surface area (Å²) in [5.74, 6) is 0. The van der Waals surface area contributed by atoms with Gasteiger partial charge < -0.3 is 4.74 Å². The van der Waals surface area contributed by atoms with Crippen LogP contribution in [0.1, 0.15) is 23.1 Å². The molecule has 200 valence electrons. The van der Waals surface area contributed by atoms with E-state index in [1.54, 1.807) is 0 Å². The minimum Gasteiger partial charge on any atom is -0.382 e. The molecular weight excluding hydrogens is 509 g/mol. The zero-order chi connectivity index (χ0) is 26.9. The summed E-state index contributed by atoms with van der Waals surface area (Å²) in [7, 11) is -3.06. The highest BCUT2D eigenvalue weighted by Gasteiger charge is 2.47. The molecule has 0 aromatic heterocycles. The van der Waals surface area contributed by atoms with Crippen molar-refractivity contribution >= 4 is 10.0 Å². The molecule has 11 heteroatoms. The number of sulfonamides is 1. The van der Waals surface area contributed by atoms with Crippen LogP contribution < -0.4 is 10.3 Å². The standard InChI is InChI=1S/C26H29F3N2O5S/c1-34-19-24(36-35-2)23(30-31-37(32,33)26(27,28)29)18-25(20-12-6-3-7-13-20,21-14-8-4-9-15-21)22-16-10-5-11-17-22/h3-17,23-24,30-31H,18-19H2,1-2H3. The molecule has 0 spiro atoms. The first-order chi connectivity index (χ1) is 17.7. The van der Waals surface area contributed by atoms with E-state index >= 15 is 0 Å². The first kappa shape index (κ1) is 28.8. The van der Waals surface area contributed by atoms with Crippen molar-refractivity contribution in [1.82, 2.24) is 10.3 Å². The molecule has 0 aliphatic rings. The number of methoxy groups -OCH3 is 1. The molecule has 0 aliphatic carbocycles. The van der Waals surface area contributed by atoms with Crippen molar-refractivity contribution in [2.24, 2.45) is 0 Å². The molecule has 3 aromatic carbocycles. The van der Waals surface area contributed by atoms with Gasteiger partial charge in [-0.2, -0.15) is 13.2 Å². The van der Waals surface area contributed by atoms with Crippen molar-refractivity contribution in [2.75, 3.05) is 20.8 Å². The van der Waals surface area contributed by atoms with Gasteiger partial charge in [0.25, 0.3) is 0 Å². The van der Waals surface area contributed by atoms with E-state index in [0.29, 0.717) is 0 Å². The van der Waals surface area contributed by atoms with E-state index < -0.39 is 33.1 Å². The molecule has 3 rings (SSSR count). The molecular formula is C26H29F3N2O5S. The van der Waals surface area contributed by atoms with E-state index in [1.807, 2.05) is 91.0 Å². The lowest BCUT2D eigenvalue weighted by Gasteiger charge is -2.40. The third-order valence-corrected chi connectivity index (χ3v) is 7.00. The number of hydrogen-bond donors (Lipinski definition) is 2. The smallest absolute Gasteiger partial charge is 0.382 e. The predicted molar refractivity (Wildman–Crippen MR) is 133 cm³/mol. The monoisotopic (exact) mass is 538 g/mol. The SMILES string of the molecule is COCC(OOC)C(CC(c1ccccc1)(c1ccccc1)c1ccccc1)NNS(=O)(=O)C(F)(F)F. The summed E-state index contributed by atoms with van der Waals surface area (Å²) < 4.78 is 68.4. The second-order valence-corrected chi connectivity index (χ2v) is 9.94. The third-order valence-electron chi connectivity index (χ3n) is 6.01. The molecule has 2 unspecified atom stereocenters. The van der Waals surface area contributed by atoms with Crippen molar-refractivity contribution in [1.29, 1.82) is 0 Å². The van der Waals surface area contributed by atoms with Crippen LogP contribution in [0.25, 0.3) is 0 Å². The quantitative estimate of drug-likeness (QED) is 0.192. The van der Waals surface area contributed by atoms with Gasteiger partial charge in [-0.1, -0.05) is 91.0 Å². The molecule has 0 aliphatic heterocycles. The zero-order valence-corrected chi connectivity index (χ0v) is 21.1. The molecule has 7 nitrogen and oxygen atoms in total. The summed E-state index contributed by atoms with van der Waals surface area (Å²) in [6.07, 6.45) is -0.940. The van der Waals surface area contributed by atoms with Gasteiger partial charge in [-0.25, -0.2) is 23.6 Å². The Balaban J connectivity index is 2.21. The minimum atomic E-state index is -5.70. The van der Waals surface area contributed by atoms with Crippen LogP contribution in [-0.2, 0) is 30.0 Å².